The van der Waals surface area contributed by atoms with Gasteiger partial charge in [-0.05, 0) is 79.9 Å². The van der Waals surface area contributed by atoms with Gasteiger partial charge >= 0.3 is 13.2 Å². The van der Waals surface area contributed by atoms with Gasteiger partial charge in [-0.15, -0.1) is 0 Å². The summed E-state index contributed by atoms with van der Waals surface area (Å²) in [6.07, 6.45) is 1.84. The molecule has 4 atom stereocenters. The van der Waals surface area contributed by atoms with Gasteiger partial charge in [0.15, 0.2) is 0 Å². The average Bonchev–Trinajstić information content (AvgIpc) is 3.51. The summed E-state index contributed by atoms with van der Waals surface area (Å²) < 4.78 is 22.4. The van der Waals surface area contributed by atoms with Crippen LogP contribution in [0.1, 0.15) is 37.7 Å². The molecule has 2 saturated heterocycles. The minimum atomic E-state index is -1.13. The van der Waals surface area contributed by atoms with Crippen molar-refractivity contribution in [1.29, 1.82) is 0 Å². The van der Waals surface area contributed by atoms with E-state index in [4.69, 9.17) is 18.5 Å². The van der Waals surface area contributed by atoms with Gasteiger partial charge in [0, 0.05) is 0 Å². The number of furan rings is 1. The normalized spacial score (nSPS) is 24.8. The molecule has 210 valence electrons. The molecule has 0 radical (unpaired) electrons. The van der Waals surface area contributed by atoms with E-state index in [9.17, 15) is 24.5 Å². The van der Waals surface area contributed by atoms with Crippen LogP contribution in [0.15, 0.2) is 63.6 Å². The number of methoxy groups -OCH3 is 1. The Balaban J connectivity index is 1.44. The highest BCUT2D eigenvalue weighted by Gasteiger charge is 2.59. The minimum Gasteiger partial charge on any atom is -0.489 e. The highest BCUT2D eigenvalue weighted by Crippen LogP contribution is 2.50. The van der Waals surface area contributed by atoms with Gasteiger partial charge in [-0.1, -0.05) is 23.8 Å². The molecule has 0 saturated carbocycles. The zero-order valence-corrected chi connectivity index (χ0v) is 22.4. The van der Waals surface area contributed by atoms with E-state index in [2.05, 4.69) is 0 Å². The number of nitrogens with zero attached hydrogens (tertiary/aromatic N) is 1. The molecule has 3 heterocycles. The molecule has 2 aromatic rings. The lowest BCUT2D eigenvalue weighted by atomic mass is 9.58. The lowest BCUT2D eigenvalue weighted by molar-refractivity contribution is -0.137. The molecule has 11 heteroatoms. The summed E-state index contributed by atoms with van der Waals surface area (Å²) >= 11 is 0. The number of allylic oxidation sites excluding steroid dienone is 1. The standard InChI is InChI=1S/C29H32BNO9/c1-17(12-20-9-10-21(15-32)39-20)8-11-24-25-18(16-38-19-6-4-3-5-7-19)13-22-26(23(25)14-30(36)40-24)28(34)31(27(22)33)29(35)37-2/h3-7,9-10,12,22-24,26,32,36H,8,11,13-16H2,1-2H3/b17-12+/t22-,23+,24-,26-/m1/s1. The fourth-order valence-electron chi connectivity index (χ4n) is 6.09. The smallest absolute Gasteiger partial charge is 0.455 e. The molecular weight excluding hydrogens is 517 g/mol. The van der Waals surface area contributed by atoms with Gasteiger partial charge < -0.3 is 28.7 Å². The molecule has 5 rings (SSSR count). The summed E-state index contributed by atoms with van der Waals surface area (Å²) in [6, 6.07) is 12.8. The lowest BCUT2D eigenvalue weighted by Gasteiger charge is -2.43. The maximum atomic E-state index is 13.4. The highest BCUT2D eigenvalue weighted by molar-refractivity contribution is 6.43. The molecule has 1 aromatic heterocycles. The number of aliphatic hydroxyl groups excluding tert-OH is 1. The number of carbonyl (C=O) groups is 3. The van der Waals surface area contributed by atoms with E-state index in [0.29, 0.717) is 35.0 Å². The van der Waals surface area contributed by atoms with Crippen molar-refractivity contribution in [3.63, 3.8) is 0 Å². The van der Waals surface area contributed by atoms with Gasteiger partial charge in [0.2, 0.25) is 11.8 Å². The topological polar surface area (TPSA) is 136 Å². The Kier molecular flexibility index (Phi) is 8.25. The van der Waals surface area contributed by atoms with Crippen LogP contribution in [0, 0.1) is 17.8 Å². The molecule has 1 aromatic carbocycles. The van der Waals surface area contributed by atoms with Crippen LogP contribution in [0.3, 0.4) is 0 Å². The number of fused-ring (bicyclic) bond motifs is 3. The van der Waals surface area contributed by atoms with Gasteiger partial charge in [-0.2, -0.15) is 4.90 Å². The molecule has 3 aliphatic rings. The summed E-state index contributed by atoms with van der Waals surface area (Å²) in [5, 5.41) is 20.0. The monoisotopic (exact) mass is 549 g/mol. The molecule has 40 heavy (non-hydrogen) atoms. The fraction of sp³-hybridized carbons (Fsp3) is 0.414. The third kappa shape index (κ3) is 5.49. The van der Waals surface area contributed by atoms with Crippen molar-refractivity contribution in [3.05, 3.63) is 70.7 Å². The van der Waals surface area contributed by atoms with Crippen LogP contribution in [0.5, 0.6) is 5.75 Å². The van der Waals surface area contributed by atoms with Crippen molar-refractivity contribution < 1.29 is 43.1 Å². The van der Waals surface area contributed by atoms with Crippen LogP contribution in [0.4, 0.5) is 4.79 Å². The van der Waals surface area contributed by atoms with Gasteiger partial charge in [0.1, 0.15) is 30.5 Å². The number of imide groups is 3. The van der Waals surface area contributed by atoms with E-state index in [0.717, 1.165) is 23.8 Å². The van der Waals surface area contributed by atoms with Gasteiger partial charge in [-0.25, -0.2) is 4.79 Å². The van der Waals surface area contributed by atoms with E-state index >= 15 is 0 Å². The van der Waals surface area contributed by atoms with Crippen molar-refractivity contribution in [3.8, 4) is 5.75 Å². The van der Waals surface area contributed by atoms with E-state index in [-0.39, 0.29) is 26.0 Å². The number of hydrogen-bond acceptors (Lipinski definition) is 9. The molecular formula is C29H32BNO9. The van der Waals surface area contributed by atoms with Gasteiger partial charge in [-0.3, -0.25) is 9.59 Å². The van der Waals surface area contributed by atoms with Crippen molar-refractivity contribution in [2.24, 2.45) is 17.8 Å². The van der Waals surface area contributed by atoms with Crippen molar-refractivity contribution in [2.75, 3.05) is 13.7 Å². The van der Waals surface area contributed by atoms with E-state index in [1.54, 1.807) is 12.1 Å². The number of rotatable bonds is 8. The summed E-state index contributed by atoms with van der Waals surface area (Å²) in [5.41, 5.74) is 2.68. The first kappa shape index (κ1) is 27.9. The first-order valence-electron chi connectivity index (χ1n) is 13.4. The maximum absolute atomic E-state index is 13.4. The molecule has 3 amide bonds. The number of likely N-dealkylation sites (tertiary alicyclic amines) is 1. The quantitative estimate of drug-likeness (QED) is 0.288. The second-order valence-electron chi connectivity index (χ2n) is 10.4. The summed E-state index contributed by atoms with van der Waals surface area (Å²) in [5.74, 6) is -1.46. The molecule has 2 N–H and O–H groups in total. The van der Waals surface area contributed by atoms with Crippen LogP contribution >= 0.6 is 0 Å². The number of para-hydroxylation sites is 1. The van der Waals surface area contributed by atoms with Crippen LogP contribution in [-0.4, -0.2) is 59.9 Å². The van der Waals surface area contributed by atoms with Crippen LogP contribution in [0.25, 0.3) is 6.08 Å². The number of carbonyl (C=O) groups excluding carboxylic acids is 3. The van der Waals surface area contributed by atoms with Crippen LogP contribution < -0.4 is 4.74 Å². The largest absolute Gasteiger partial charge is 0.489 e. The molecule has 0 bridgehead atoms. The zero-order chi connectivity index (χ0) is 28.4. The number of ether oxygens (including phenoxy) is 2. The first-order valence-corrected chi connectivity index (χ1v) is 13.4. The number of aliphatic hydroxyl groups is 1. The number of hydrogen-bond donors (Lipinski definition) is 2. The Bertz CT molecular complexity index is 1330. The second kappa shape index (κ2) is 11.8. The molecule has 0 unspecified atom stereocenters. The minimum absolute atomic E-state index is 0.126. The van der Waals surface area contributed by atoms with E-state index in [1.165, 1.54) is 0 Å². The lowest BCUT2D eigenvalue weighted by Crippen LogP contribution is -2.46. The van der Waals surface area contributed by atoms with E-state index < -0.39 is 48.9 Å². The average molecular weight is 549 g/mol. The van der Waals surface area contributed by atoms with Crippen molar-refractivity contribution in [2.45, 2.75) is 45.2 Å². The predicted molar refractivity (Wildman–Crippen MR) is 143 cm³/mol. The van der Waals surface area contributed by atoms with Crippen molar-refractivity contribution in [1.82, 2.24) is 4.90 Å². The third-order valence-corrected chi connectivity index (χ3v) is 7.85. The molecule has 2 fully saturated rings. The number of benzene rings is 1. The fourth-order valence-corrected chi connectivity index (χ4v) is 6.09. The number of amides is 3. The van der Waals surface area contributed by atoms with E-state index in [1.807, 2.05) is 43.3 Å². The highest BCUT2D eigenvalue weighted by atomic mass is 16.5. The summed E-state index contributed by atoms with van der Waals surface area (Å²) in [4.78, 5) is 39.6. The predicted octanol–water partition coefficient (Wildman–Crippen LogP) is 3.60. The molecule has 1 aliphatic carbocycles. The second-order valence-corrected chi connectivity index (χ2v) is 10.4. The third-order valence-electron chi connectivity index (χ3n) is 7.85. The van der Waals surface area contributed by atoms with Gasteiger partial charge in [0.05, 0.1) is 25.0 Å². The molecule has 10 nitrogen and oxygen atoms in total. The Labute approximate surface area is 232 Å². The Hall–Kier alpha value is -3.67. The van der Waals surface area contributed by atoms with Crippen LogP contribution in [-0.2, 0) is 25.6 Å². The molecule has 0 spiro atoms. The van der Waals surface area contributed by atoms with Gasteiger partial charge in [0.25, 0.3) is 0 Å². The van der Waals surface area contributed by atoms with Crippen molar-refractivity contribution >= 4 is 31.1 Å². The summed E-state index contributed by atoms with van der Waals surface area (Å²) in [6.45, 7) is 1.96. The zero-order valence-electron chi connectivity index (χ0n) is 22.4. The first-order chi connectivity index (χ1) is 19.3. The molecule has 2 aliphatic heterocycles. The van der Waals surface area contributed by atoms with Crippen LogP contribution in [0.2, 0.25) is 6.32 Å². The summed E-state index contributed by atoms with van der Waals surface area (Å²) in [7, 11) is -0.00388. The maximum Gasteiger partial charge on any atom is 0.455 e. The Morgan fingerprint density at radius 3 is 2.62 bits per heavy atom. The Morgan fingerprint density at radius 2 is 1.93 bits per heavy atom. The Morgan fingerprint density at radius 1 is 1.15 bits per heavy atom. The SMILES string of the molecule is COC(=O)N1C(=O)[C@@H]2[C@@H](CC(COc3ccccc3)=C3[C@@H](CC/C(C)=C/c4ccc(CO)o4)OB(O)C[C@@H]32)C1=O.